The van der Waals surface area contributed by atoms with Gasteiger partial charge in [-0.05, 0) is 6.42 Å². The Hall–Kier alpha value is -0.720. The summed E-state index contributed by atoms with van der Waals surface area (Å²) >= 11 is 0. The maximum absolute atomic E-state index is 5.28. The Morgan fingerprint density at radius 2 is 2.27 bits per heavy atom. The highest BCUT2D eigenvalue weighted by Gasteiger charge is 2.22. The van der Waals surface area contributed by atoms with Gasteiger partial charge in [0.2, 0.25) is 0 Å². The summed E-state index contributed by atoms with van der Waals surface area (Å²) < 4.78 is 5.28. The van der Waals surface area contributed by atoms with Crippen LogP contribution in [0.15, 0.2) is 24.7 Å². The van der Waals surface area contributed by atoms with E-state index in [-0.39, 0.29) is 0 Å². The topological polar surface area (TPSA) is 9.23 Å². The van der Waals surface area contributed by atoms with E-state index in [0.29, 0.717) is 5.92 Å². The molecule has 0 aromatic heterocycles. The van der Waals surface area contributed by atoms with E-state index in [9.17, 15) is 0 Å². The standard InChI is InChI=1S/C10H16O/c1-4-5-6-10-7-8(2)11-9(10)3/h10H,2-7H2,1H3. The molecule has 0 amide bonds. The van der Waals surface area contributed by atoms with Gasteiger partial charge in [-0.1, -0.05) is 32.9 Å². The molecule has 0 spiro atoms. The second-order valence-corrected chi connectivity index (χ2v) is 3.15. The molecule has 1 aliphatic rings. The van der Waals surface area contributed by atoms with Crippen molar-refractivity contribution in [1.82, 2.24) is 0 Å². The SMILES string of the molecule is C=C1CC(CCCC)C(=C)O1. The molecule has 1 fully saturated rings. The van der Waals surface area contributed by atoms with Crippen molar-refractivity contribution < 1.29 is 4.74 Å². The maximum atomic E-state index is 5.28. The summed E-state index contributed by atoms with van der Waals surface area (Å²) in [5.74, 6) is 2.35. The van der Waals surface area contributed by atoms with Gasteiger partial charge in [0.05, 0.1) is 11.5 Å². The van der Waals surface area contributed by atoms with Crippen LogP contribution in [-0.2, 0) is 4.74 Å². The van der Waals surface area contributed by atoms with Gasteiger partial charge < -0.3 is 4.74 Å². The highest BCUT2D eigenvalue weighted by atomic mass is 16.5. The Bertz CT molecular complexity index is 170. The Labute approximate surface area is 68.8 Å². The molecular weight excluding hydrogens is 136 g/mol. The van der Waals surface area contributed by atoms with Crippen LogP contribution in [0, 0.1) is 5.92 Å². The molecule has 1 saturated heterocycles. The van der Waals surface area contributed by atoms with Crippen LogP contribution < -0.4 is 0 Å². The molecule has 11 heavy (non-hydrogen) atoms. The van der Waals surface area contributed by atoms with Gasteiger partial charge in [0.25, 0.3) is 0 Å². The first-order valence-electron chi connectivity index (χ1n) is 4.28. The predicted molar refractivity (Wildman–Crippen MR) is 47.0 cm³/mol. The molecule has 62 valence electrons. The minimum Gasteiger partial charge on any atom is -0.467 e. The monoisotopic (exact) mass is 152 g/mol. The summed E-state index contributed by atoms with van der Waals surface area (Å²) in [7, 11) is 0. The predicted octanol–water partition coefficient (Wildman–Crippen LogP) is 3.24. The number of ether oxygens (including phenoxy) is 1. The van der Waals surface area contributed by atoms with Crippen molar-refractivity contribution in [3.05, 3.63) is 24.7 Å². The molecule has 0 aromatic carbocycles. The van der Waals surface area contributed by atoms with Crippen molar-refractivity contribution in [2.24, 2.45) is 5.92 Å². The second-order valence-electron chi connectivity index (χ2n) is 3.15. The van der Waals surface area contributed by atoms with E-state index in [1.165, 1.54) is 19.3 Å². The van der Waals surface area contributed by atoms with Gasteiger partial charge >= 0.3 is 0 Å². The zero-order valence-corrected chi connectivity index (χ0v) is 7.23. The lowest BCUT2D eigenvalue weighted by Crippen LogP contribution is -1.95. The molecule has 1 unspecified atom stereocenters. The summed E-state index contributed by atoms with van der Waals surface area (Å²) in [4.78, 5) is 0. The number of allylic oxidation sites excluding steroid dienone is 2. The van der Waals surface area contributed by atoms with Crippen LogP contribution in [0.3, 0.4) is 0 Å². The fourth-order valence-corrected chi connectivity index (χ4v) is 1.41. The van der Waals surface area contributed by atoms with E-state index in [1.54, 1.807) is 0 Å². The third kappa shape index (κ3) is 2.11. The van der Waals surface area contributed by atoms with Gasteiger partial charge in [-0.3, -0.25) is 0 Å². The molecule has 1 nitrogen and oxygen atoms in total. The number of hydrogen-bond donors (Lipinski definition) is 0. The summed E-state index contributed by atoms with van der Waals surface area (Å²) in [6.45, 7) is 9.84. The number of rotatable bonds is 3. The van der Waals surface area contributed by atoms with Gasteiger partial charge in [-0.25, -0.2) is 0 Å². The molecule has 1 aliphatic heterocycles. The fraction of sp³-hybridized carbons (Fsp3) is 0.600. The van der Waals surface area contributed by atoms with E-state index in [1.807, 2.05) is 0 Å². The van der Waals surface area contributed by atoms with Crippen LogP contribution in [0.4, 0.5) is 0 Å². The van der Waals surface area contributed by atoms with Crippen LogP contribution in [0.1, 0.15) is 32.6 Å². The normalized spacial score (nSPS) is 23.9. The first-order chi connectivity index (χ1) is 5.24. The average molecular weight is 152 g/mol. The van der Waals surface area contributed by atoms with Crippen molar-refractivity contribution >= 4 is 0 Å². The molecule has 0 radical (unpaired) electrons. The summed E-state index contributed by atoms with van der Waals surface area (Å²) in [6.07, 6.45) is 4.70. The van der Waals surface area contributed by atoms with Crippen LogP contribution in [0.5, 0.6) is 0 Å². The van der Waals surface area contributed by atoms with E-state index < -0.39 is 0 Å². The third-order valence-electron chi connectivity index (χ3n) is 2.11. The molecule has 0 N–H and O–H groups in total. The second kappa shape index (κ2) is 3.61. The minimum atomic E-state index is 0.544. The molecule has 1 heterocycles. The molecule has 1 heteroatoms. The zero-order chi connectivity index (χ0) is 8.27. The van der Waals surface area contributed by atoms with E-state index in [4.69, 9.17) is 4.74 Å². The first kappa shape index (κ1) is 8.38. The van der Waals surface area contributed by atoms with Crippen molar-refractivity contribution in [2.45, 2.75) is 32.6 Å². The molecule has 0 bridgehead atoms. The Balaban J connectivity index is 2.34. The Kier molecular flexibility index (Phi) is 2.75. The maximum Gasteiger partial charge on any atom is 0.0999 e. The Morgan fingerprint density at radius 1 is 1.55 bits per heavy atom. The molecular formula is C10H16O. The van der Waals surface area contributed by atoms with Crippen LogP contribution in [-0.4, -0.2) is 0 Å². The summed E-state index contributed by atoms with van der Waals surface area (Å²) in [6, 6.07) is 0. The van der Waals surface area contributed by atoms with Crippen molar-refractivity contribution in [2.75, 3.05) is 0 Å². The van der Waals surface area contributed by atoms with Gasteiger partial charge in [-0.2, -0.15) is 0 Å². The van der Waals surface area contributed by atoms with Gasteiger partial charge in [0.1, 0.15) is 0 Å². The summed E-state index contributed by atoms with van der Waals surface area (Å²) in [5, 5.41) is 0. The zero-order valence-electron chi connectivity index (χ0n) is 7.23. The highest BCUT2D eigenvalue weighted by molar-refractivity contribution is 5.08. The lowest BCUT2D eigenvalue weighted by atomic mass is 9.99. The van der Waals surface area contributed by atoms with Crippen molar-refractivity contribution in [3.63, 3.8) is 0 Å². The Morgan fingerprint density at radius 3 is 2.73 bits per heavy atom. The average Bonchev–Trinajstić information content (AvgIpc) is 2.26. The molecule has 1 atom stereocenters. The largest absolute Gasteiger partial charge is 0.467 e. The van der Waals surface area contributed by atoms with Gasteiger partial charge in [0, 0.05) is 12.3 Å². The van der Waals surface area contributed by atoms with E-state index >= 15 is 0 Å². The molecule has 0 aromatic rings. The van der Waals surface area contributed by atoms with E-state index in [0.717, 1.165) is 17.9 Å². The van der Waals surface area contributed by atoms with Gasteiger partial charge in [0.15, 0.2) is 0 Å². The molecule has 1 rings (SSSR count). The van der Waals surface area contributed by atoms with E-state index in [2.05, 4.69) is 20.1 Å². The highest BCUT2D eigenvalue weighted by Crippen LogP contribution is 2.33. The minimum absolute atomic E-state index is 0.544. The van der Waals surface area contributed by atoms with Gasteiger partial charge in [-0.15, -0.1) is 0 Å². The first-order valence-corrected chi connectivity index (χ1v) is 4.28. The lowest BCUT2D eigenvalue weighted by Gasteiger charge is -2.05. The van der Waals surface area contributed by atoms with Crippen LogP contribution in [0.2, 0.25) is 0 Å². The molecule has 0 saturated carbocycles. The third-order valence-corrected chi connectivity index (χ3v) is 2.11. The lowest BCUT2D eigenvalue weighted by molar-refractivity contribution is 0.328. The smallest absolute Gasteiger partial charge is 0.0999 e. The quantitative estimate of drug-likeness (QED) is 0.603. The molecule has 0 aliphatic carbocycles. The van der Waals surface area contributed by atoms with Crippen LogP contribution in [0.25, 0.3) is 0 Å². The van der Waals surface area contributed by atoms with Crippen LogP contribution >= 0.6 is 0 Å². The number of hydrogen-bond acceptors (Lipinski definition) is 1. The fourth-order valence-electron chi connectivity index (χ4n) is 1.41. The summed E-state index contributed by atoms with van der Waals surface area (Å²) in [5.41, 5.74) is 0. The van der Waals surface area contributed by atoms with Crippen molar-refractivity contribution in [1.29, 1.82) is 0 Å². The van der Waals surface area contributed by atoms with Crippen molar-refractivity contribution in [3.8, 4) is 0 Å². The number of unbranched alkanes of at least 4 members (excludes halogenated alkanes) is 1.